The van der Waals surface area contributed by atoms with Crippen molar-refractivity contribution >= 4 is 0 Å². The molecule has 3 rings (SSSR count). The maximum atomic E-state index is 6.21. The van der Waals surface area contributed by atoms with Crippen molar-refractivity contribution in [2.24, 2.45) is 17.3 Å². The standard InChI is InChI=1S/C17H31NO2/c1-4-18-15(14-12-16(14,2)3)13-5-8-20-17(11-13)6-9-19-10-7-17/h13-15,18H,4-12H2,1-3H3. The zero-order valence-corrected chi connectivity index (χ0v) is 13.4. The molecule has 116 valence electrons. The summed E-state index contributed by atoms with van der Waals surface area (Å²) in [7, 11) is 0. The van der Waals surface area contributed by atoms with Gasteiger partial charge in [0.25, 0.3) is 0 Å². The van der Waals surface area contributed by atoms with Crippen LogP contribution in [0.25, 0.3) is 0 Å². The highest BCUT2D eigenvalue weighted by Crippen LogP contribution is 2.56. The van der Waals surface area contributed by atoms with Gasteiger partial charge in [-0.15, -0.1) is 0 Å². The van der Waals surface area contributed by atoms with Crippen LogP contribution in [0.1, 0.15) is 52.9 Å². The van der Waals surface area contributed by atoms with Gasteiger partial charge in [-0.3, -0.25) is 0 Å². The van der Waals surface area contributed by atoms with E-state index < -0.39 is 0 Å². The third-order valence-corrected chi connectivity index (χ3v) is 5.91. The van der Waals surface area contributed by atoms with Gasteiger partial charge in [0.2, 0.25) is 0 Å². The van der Waals surface area contributed by atoms with Gasteiger partial charge in [0.05, 0.1) is 5.60 Å². The summed E-state index contributed by atoms with van der Waals surface area (Å²) in [5, 5.41) is 3.81. The molecule has 3 heteroatoms. The molecule has 3 unspecified atom stereocenters. The van der Waals surface area contributed by atoms with Crippen molar-refractivity contribution in [2.45, 2.75) is 64.5 Å². The van der Waals surface area contributed by atoms with Crippen LogP contribution in [0.15, 0.2) is 0 Å². The molecule has 0 aromatic heterocycles. The van der Waals surface area contributed by atoms with Crippen LogP contribution in [-0.2, 0) is 9.47 Å². The van der Waals surface area contributed by atoms with Crippen LogP contribution in [-0.4, -0.2) is 38.0 Å². The van der Waals surface area contributed by atoms with E-state index in [2.05, 4.69) is 26.1 Å². The zero-order chi connectivity index (χ0) is 14.2. The molecule has 20 heavy (non-hydrogen) atoms. The first-order chi connectivity index (χ1) is 9.56. The van der Waals surface area contributed by atoms with Crippen molar-refractivity contribution in [1.82, 2.24) is 5.32 Å². The molecule has 2 heterocycles. The highest BCUT2D eigenvalue weighted by Gasteiger charge is 2.53. The lowest BCUT2D eigenvalue weighted by Crippen LogP contribution is -2.50. The van der Waals surface area contributed by atoms with Crippen molar-refractivity contribution in [2.75, 3.05) is 26.4 Å². The molecule has 1 spiro atoms. The van der Waals surface area contributed by atoms with E-state index in [0.717, 1.165) is 51.0 Å². The second-order valence-electron chi connectivity index (χ2n) is 7.78. The maximum Gasteiger partial charge on any atom is 0.0729 e. The van der Waals surface area contributed by atoms with E-state index in [4.69, 9.17) is 9.47 Å². The van der Waals surface area contributed by atoms with E-state index in [0.29, 0.717) is 11.5 Å². The van der Waals surface area contributed by atoms with E-state index in [1.165, 1.54) is 19.3 Å². The Labute approximate surface area is 123 Å². The normalized spacial score (nSPS) is 36.8. The Morgan fingerprint density at radius 2 is 1.85 bits per heavy atom. The third kappa shape index (κ3) is 2.90. The highest BCUT2D eigenvalue weighted by atomic mass is 16.5. The fourth-order valence-electron chi connectivity index (χ4n) is 4.46. The number of rotatable bonds is 4. The lowest BCUT2D eigenvalue weighted by molar-refractivity contribution is -0.151. The summed E-state index contributed by atoms with van der Waals surface area (Å²) < 4.78 is 11.7. The molecule has 0 aromatic rings. The van der Waals surface area contributed by atoms with Gasteiger partial charge in [-0.05, 0) is 55.9 Å². The van der Waals surface area contributed by atoms with E-state index in [1.54, 1.807) is 0 Å². The van der Waals surface area contributed by atoms with Gasteiger partial charge in [0, 0.05) is 25.9 Å². The number of nitrogens with one attached hydrogen (secondary N) is 1. The quantitative estimate of drug-likeness (QED) is 0.859. The third-order valence-electron chi connectivity index (χ3n) is 5.91. The molecule has 2 saturated heterocycles. The largest absolute Gasteiger partial charge is 0.381 e. The van der Waals surface area contributed by atoms with Crippen molar-refractivity contribution in [1.29, 1.82) is 0 Å². The van der Waals surface area contributed by atoms with Crippen LogP contribution < -0.4 is 5.32 Å². The van der Waals surface area contributed by atoms with Crippen molar-refractivity contribution in [3.05, 3.63) is 0 Å². The van der Waals surface area contributed by atoms with Crippen LogP contribution in [0.4, 0.5) is 0 Å². The van der Waals surface area contributed by atoms with Gasteiger partial charge in [0.1, 0.15) is 0 Å². The lowest BCUT2D eigenvalue weighted by Gasteiger charge is -2.45. The first kappa shape index (κ1) is 14.8. The summed E-state index contributed by atoms with van der Waals surface area (Å²) in [6.07, 6.45) is 6.04. The zero-order valence-electron chi connectivity index (χ0n) is 13.4. The summed E-state index contributed by atoms with van der Waals surface area (Å²) in [4.78, 5) is 0. The Bertz CT molecular complexity index is 330. The molecular formula is C17H31NO2. The first-order valence-electron chi connectivity index (χ1n) is 8.51. The molecule has 3 fully saturated rings. The van der Waals surface area contributed by atoms with Crippen LogP contribution in [0, 0.1) is 17.3 Å². The van der Waals surface area contributed by atoms with Gasteiger partial charge in [-0.25, -0.2) is 0 Å². The summed E-state index contributed by atoms with van der Waals surface area (Å²) in [5.41, 5.74) is 0.682. The molecule has 1 aliphatic carbocycles. The smallest absolute Gasteiger partial charge is 0.0729 e. The topological polar surface area (TPSA) is 30.5 Å². The minimum absolute atomic E-state index is 0.133. The summed E-state index contributed by atoms with van der Waals surface area (Å²) >= 11 is 0. The van der Waals surface area contributed by atoms with Crippen LogP contribution in [0.5, 0.6) is 0 Å². The van der Waals surface area contributed by atoms with Gasteiger partial charge in [-0.1, -0.05) is 20.8 Å². The summed E-state index contributed by atoms with van der Waals surface area (Å²) in [6.45, 7) is 10.9. The molecule has 0 aromatic carbocycles. The lowest BCUT2D eigenvalue weighted by atomic mass is 9.76. The number of hydrogen-bond acceptors (Lipinski definition) is 3. The van der Waals surface area contributed by atoms with E-state index >= 15 is 0 Å². The van der Waals surface area contributed by atoms with Crippen molar-refractivity contribution < 1.29 is 9.47 Å². The highest BCUT2D eigenvalue weighted by molar-refractivity contribution is 5.05. The Morgan fingerprint density at radius 3 is 2.45 bits per heavy atom. The molecule has 0 bridgehead atoms. The minimum atomic E-state index is 0.133. The fraction of sp³-hybridized carbons (Fsp3) is 1.00. The second kappa shape index (κ2) is 5.58. The first-order valence-corrected chi connectivity index (χ1v) is 8.51. The Balaban J connectivity index is 1.67. The van der Waals surface area contributed by atoms with Gasteiger partial charge >= 0.3 is 0 Å². The molecule has 0 amide bonds. The maximum absolute atomic E-state index is 6.21. The second-order valence-corrected chi connectivity index (χ2v) is 7.78. The predicted molar refractivity (Wildman–Crippen MR) is 80.8 cm³/mol. The van der Waals surface area contributed by atoms with Crippen molar-refractivity contribution in [3.63, 3.8) is 0 Å². The van der Waals surface area contributed by atoms with E-state index in [-0.39, 0.29) is 5.60 Å². The molecule has 1 N–H and O–H groups in total. The van der Waals surface area contributed by atoms with E-state index in [1.807, 2.05) is 0 Å². The predicted octanol–water partition coefficient (Wildman–Crippen LogP) is 2.99. The average Bonchev–Trinajstić information content (AvgIpc) is 3.05. The molecule has 3 aliphatic rings. The summed E-state index contributed by atoms with van der Waals surface area (Å²) in [5.74, 6) is 1.65. The minimum Gasteiger partial charge on any atom is -0.381 e. The molecule has 0 radical (unpaired) electrons. The molecule has 1 saturated carbocycles. The molecule has 3 atom stereocenters. The fourth-order valence-corrected chi connectivity index (χ4v) is 4.46. The van der Waals surface area contributed by atoms with Crippen molar-refractivity contribution in [3.8, 4) is 0 Å². The average molecular weight is 281 g/mol. The number of ether oxygens (including phenoxy) is 2. The Hall–Kier alpha value is -0.120. The van der Waals surface area contributed by atoms with Crippen LogP contribution in [0.2, 0.25) is 0 Å². The van der Waals surface area contributed by atoms with E-state index in [9.17, 15) is 0 Å². The molecular weight excluding hydrogens is 250 g/mol. The van der Waals surface area contributed by atoms with Crippen LogP contribution >= 0.6 is 0 Å². The van der Waals surface area contributed by atoms with Crippen LogP contribution in [0.3, 0.4) is 0 Å². The van der Waals surface area contributed by atoms with Gasteiger partial charge < -0.3 is 14.8 Å². The number of hydrogen-bond donors (Lipinski definition) is 1. The Morgan fingerprint density at radius 1 is 1.15 bits per heavy atom. The molecule has 2 aliphatic heterocycles. The van der Waals surface area contributed by atoms with Gasteiger partial charge in [-0.2, -0.15) is 0 Å². The van der Waals surface area contributed by atoms with Gasteiger partial charge in [0.15, 0.2) is 0 Å². The summed E-state index contributed by atoms with van der Waals surface area (Å²) in [6, 6.07) is 0.693. The Kier molecular flexibility index (Phi) is 4.13. The monoisotopic (exact) mass is 281 g/mol. The molecule has 3 nitrogen and oxygen atoms in total. The SMILES string of the molecule is CCNC(C1CCOC2(CCOCC2)C1)C1CC1(C)C.